The van der Waals surface area contributed by atoms with Gasteiger partial charge < -0.3 is 15.0 Å². The van der Waals surface area contributed by atoms with E-state index in [1.54, 1.807) is 12.1 Å². The summed E-state index contributed by atoms with van der Waals surface area (Å²) in [5.74, 6) is -0.108. The number of amides is 2. The SMILES string of the molecule is CCNC(=O)CN1CCCN(C(=O)CCc2ccc(OC)c(F)c2)CC1. The van der Waals surface area contributed by atoms with E-state index in [-0.39, 0.29) is 17.6 Å². The standard InChI is InChI=1S/C19H28FN3O3/c1-3-21-18(24)14-22-9-4-10-23(12-11-22)19(25)8-6-15-5-7-17(26-2)16(20)13-15/h5,7,13H,3-4,6,8-12,14H2,1-2H3,(H,21,24). The molecule has 1 saturated heterocycles. The van der Waals surface area contributed by atoms with Gasteiger partial charge in [0.05, 0.1) is 13.7 Å². The average molecular weight is 365 g/mol. The van der Waals surface area contributed by atoms with Gasteiger partial charge in [-0.25, -0.2) is 4.39 Å². The van der Waals surface area contributed by atoms with Crippen LogP contribution in [0.3, 0.4) is 0 Å². The van der Waals surface area contributed by atoms with Crippen molar-refractivity contribution in [3.63, 3.8) is 0 Å². The summed E-state index contributed by atoms with van der Waals surface area (Å²) in [6, 6.07) is 4.79. The number of rotatable bonds is 7. The molecule has 1 aliphatic heterocycles. The van der Waals surface area contributed by atoms with Crippen molar-refractivity contribution in [2.75, 3.05) is 46.4 Å². The molecule has 1 aromatic carbocycles. The van der Waals surface area contributed by atoms with Crippen LogP contribution >= 0.6 is 0 Å². The van der Waals surface area contributed by atoms with Gasteiger partial charge in [0.2, 0.25) is 11.8 Å². The lowest BCUT2D eigenvalue weighted by atomic mass is 10.1. The minimum absolute atomic E-state index is 0.0220. The molecule has 2 amide bonds. The van der Waals surface area contributed by atoms with Gasteiger partial charge in [-0.2, -0.15) is 0 Å². The molecule has 0 unspecified atom stereocenters. The summed E-state index contributed by atoms with van der Waals surface area (Å²) in [7, 11) is 1.43. The molecule has 1 aromatic rings. The molecule has 0 aromatic heterocycles. The summed E-state index contributed by atoms with van der Waals surface area (Å²) in [4.78, 5) is 28.1. The number of nitrogens with one attached hydrogen (secondary N) is 1. The molecule has 1 fully saturated rings. The van der Waals surface area contributed by atoms with Gasteiger partial charge in [0.15, 0.2) is 11.6 Å². The van der Waals surface area contributed by atoms with Crippen molar-refractivity contribution in [2.24, 2.45) is 0 Å². The Morgan fingerprint density at radius 3 is 2.73 bits per heavy atom. The summed E-state index contributed by atoms with van der Waals surface area (Å²) in [6.07, 6.45) is 1.70. The predicted molar refractivity (Wildman–Crippen MR) is 97.6 cm³/mol. The highest BCUT2D eigenvalue weighted by molar-refractivity contribution is 5.78. The number of hydrogen-bond donors (Lipinski definition) is 1. The van der Waals surface area contributed by atoms with Crippen LogP contribution in [0.5, 0.6) is 5.75 Å². The zero-order chi connectivity index (χ0) is 18.9. The van der Waals surface area contributed by atoms with Gasteiger partial charge in [0, 0.05) is 39.1 Å². The van der Waals surface area contributed by atoms with E-state index >= 15 is 0 Å². The molecule has 2 rings (SSSR count). The first-order valence-corrected chi connectivity index (χ1v) is 9.12. The number of hydrogen-bond acceptors (Lipinski definition) is 4. The fourth-order valence-electron chi connectivity index (χ4n) is 3.11. The number of benzene rings is 1. The van der Waals surface area contributed by atoms with Crippen molar-refractivity contribution < 1.29 is 18.7 Å². The third-order valence-electron chi connectivity index (χ3n) is 4.53. The second kappa shape index (κ2) is 10.1. The lowest BCUT2D eigenvalue weighted by Gasteiger charge is -2.21. The van der Waals surface area contributed by atoms with E-state index in [4.69, 9.17) is 4.74 Å². The second-order valence-electron chi connectivity index (χ2n) is 6.43. The topological polar surface area (TPSA) is 61.9 Å². The molecular weight excluding hydrogens is 337 g/mol. The summed E-state index contributed by atoms with van der Waals surface area (Å²) < 4.78 is 18.6. The molecule has 0 saturated carbocycles. The van der Waals surface area contributed by atoms with Crippen LogP contribution in [0.1, 0.15) is 25.3 Å². The number of methoxy groups -OCH3 is 1. The first-order valence-electron chi connectivity index (χ1n) is 9.12. The molecule has 7 heteroatoms. The van der Waals surface area contributed by atoms with Crippen LogP contribution in [0.25, 0.3) is 0 Å². The van der Waals surface area contributed by atoms with Gasteiger partial charge in [-0.15, -0.1) is 0 Å². The predicted octanol–water partition coefficient (Wildman–Crippen LogP) is 1.44. The fraction of sp³-hybridized carbons (Fsp3) is 0.579. The van der Waals surface area contributed by atoms with Crippen molar-refractivity contribution in [2.45, 2.75) is 26.2 Å². The second-order valence-corrected chi connectivity index (χ2v) is 6.43. The monoisotopic (exact) mass is 365 g/mol. The van der Waals surface area contributed by atoms with Crippen LogP contribution in [0.15, 0.2) is 18.2 Å². The van der Waals surface area contributed by atoms with Gasteiger partial charge in [0.1, 0.15) is 0 Å². The van der Waals surface area contributed by atoms with Gasteiger partial charge >= 0.3 is 0 Å². The molecule has 1 N–H and O–H groups in total. The molecule has 0 aliphatic carbocycles. The van der Waals surface area contributed by atoms with E-state index in [0.717, 1.165) is 18.5 Å². The highest BCUT2D eigenvalue weighted by Gasteiger charge is 2.20. The smallest absolute Gasteiger partial charge is 0.234 e. The molecule has 1 aliphatic rings. The lowest BCUT2D eigenvalue weighted by molar-refractivity contribution is -0.131. The summed E-state index contributed by atoms with van der Waals surface area (Å²) >= 11 is 0. The normalized spacial score (nSPS) is 15.4. The third kappa shape index (κ3) is 5.98. The van der Waals surface area contributed by atoms with Gasteiger partial charge in [-0.1, -0.05) is 6.07 Å². The molecule has 0 spiro atoms. The Morgan fingerprint density at radius 2 is 2.04 bits per heavy atom. The number of ether oxygens (including phenoxy) is 1. The third-order valence-corrected chi connectivity index (χ3v) is 4.53. The molecule has 0 atom stereocenters. The van der Waals surface area contributed by atoms with Crippen molar-refractivity contribution >= 4 is 11.8 Å². The molecule has 26 heavy (non-hydrogen) atoms. The Balaban J connectivity index is 1.80. The first-order chi connectivity index (χ1) is 12.5. The van der Waals surface area contributed by atoms with Gasteiger partial charge in [-0.3, -0.25) is 14.5 Å². The van der Waals surface area contributed by atoms with Crippen LogP contribution in [-0.4, -0.2) is 68.0 Å². The van der Waals surface area contributed by atoms with Gasteiger partial charge in [0.25, 0.3) is 0 Å². The minimum Gasteiger partial charge on any atom is -0.494 e. The maximum Gasteiger partial charge on any atom is 0.234 e. The van der Waals surface area contributed by atoms with E-state index in [1.165, 1.54) is 13.2 Å². The Bertz CT molecular complexity index is 624. The molecule has 6 nitrogen and oxygen atoms in total. The summed E-state index contributed by atoms with van der Waals surface area (Å²) in [6.45, 7) is 5.72. The molecule has 0 radical (unpaired) electrons. The molecule has 1 heterocycles. The minimum atomic E-state index is -0.409. The number of carbonyl (C=O) groups excluding carboxylic acids is 2. The molecular formula is C19H28FN3O3. The Labute approximate surface area is 154 Å². The quantitative estimate of drug-likeness (QED) is 0.794. The van der Waals surface area contributed by atoms with Crippen LogP contribution < -0.4 is 10.1 Å². The van der Waals surface area contributed by atoms with E-state index in [9.17, 15) is 14.0 Å². The highest BCUT2D eigenvalue weighted by atomic mass is 19.1. The van der Waals surface area contributed by atoms with Crippen LogP contribution in [0, 0.1) is 5.82 Å². The van der Waals surface area contributed by atoms with E-state index in [2.05, 4.69) is 10.2 Å². The fourth-order valence-corrected chi connectivity index (χ4v) is 3.11. The van der Waals surface area contributed by atoms with Gasteiger partial charge in [-0.05, 0) is 37.5 Å². The molecule has 0 bridgehead atoms. The molecule has 144 valence electrons. The summed E-state index contributed by atoms with van der Waals surface area (Å²) in [5.41, 5.74) is 0.782. The van der Waals surface area contributed by atoms with Crippen LogP contribution in [0.4, 0.5) is 4.39 Å². The number of halogens is 1. The van der Waals surface area contributed by atoms with Crippen molar-refractivity contribution in [1.82, 2.24) is 15.1 Å². The number of carbonyl (C=O) groups is 2. The summed E-state index contributed by atoms with van der Waals surface area (Å²) in [5, 5.41) is 2.80. The zero-order valence-corrected chi connectivity index (χ0v) is 15.6. The van der Waals surface area contributed by atoms with Crippen LogP contribution in [-0.2, 0) is 16.0 Å². The van der Waals surface area contributed by atoms with E-state index in [1.807, 2.05) is 11.8 Å². The lowest BCUT2D eigenvalue weighted by Crippen LogP contribution is -2.40. The Hall–Kier alpha value is -2.15. The number of nitrogens with zero attached hydrogens (tertiary/aromatic N) is 2. The maximum absolute atomic E-state index is 13.7. The highest BCUT2D eigenvalue weighted by Crippen LogP contribution is 2.18. The zero-order valence-electron chi connectivity index (χ0n) is 15.6. The largest absolute Gasteiger partial charge is 0.494 e. The Morgan fingerprint density at radius 1 is 1.23 bits per heavy atom. The maximum atomic E-state index is 13.7. The van der Waals surface area contributed by atoms with Crippen LogP contribution in [0.2, 0.25) is 0 Å². The van der Waals surface area contributed by atoms with E-state index in [0.29, 0.717) is 45.6 Å². The van der Waals surface area contributed by atoms with Crippen molar-refractivity contribution in [1.29, 1.82) is 0 Å². The number of aryl methyl sites for hydroxylation is 1. The average Bonchev–Trinajstić information content (AvgIpc) is 2.85. The van der Waals surface area contributed by atoms with E-state index < -0.39 is 5.82 Å². The van der Waals surface area contributed by atoms with Crippen molar-refractivity contribution in [3.8, 4) is 5.75 Å². The van der Waals surface area contributed by atoms with Crippen molar-refractivity contribution in [3.05, 3.63) is 29.6 Å². The number of likely N-dealkylation sites (N-methyl/N-ethyl adjacent to an activating group) is 1. The first kappa shape index (κ1) is 20.2. The Kier molecular flexibility index (Phi) is 7.84.